The van der Waals surface area contributed by atoms with Gasteiger partial charge < -0.3 is 14.5 Å². The minimum Gasteiger partial charge on any atom is -0.493 e. The molecular formula is C15H21NO2. The summed E-state index contributed by atoms with van der Waals surface area (Å²) in [5, 5.41) is 4.50. The zero-order valence-corrected chi connectivity index (χ0v) is 11.6. The summed E-state index contributed by atoms with van der Waals surface area (Å²) >= 11 is 0. The van der Waals surface area contributed by atoms with Crippen molar-refractivity contribution in [1.29, 1.82) is 0 Å². The zero-order chi connectivity index (χ0) is 13.1. The Morgan fingerprint density at radius 3 is 2.67 bits per heavy atom. The molecule has 18 heavy (non-hydrogen) atoms. The highest BCUT2D eigenvalue weighted by Gasteiger charge is 2.16. The van der Waals surface area contributed by atoms with Crippen LogP contribution in [0.15, 0.2) is 16.5 Å². The molecule has 98 valence electrons. The molecule has 0 atom stereocenters. The van der Waals surface area contributed by atoms with Gasteiger partial charge in [0, 0.05) is 10.9 Å². The molecule has 0 unspecified atom stereocenters. The fraction of sp³-hybridized carbons (Fsp3) is 0.467. The van der Waals surface area contributed by atoms with E-state index in [1.165, 1.54) is 16.5 Å². The van der Waals surface area contributed by atoms with Crippen molar-refractivity contribution < 1.29 is 9.15 Å². The van der Waals surface area contributed by atoms with Crippen molar-refractivity contribution in [1.82, 2.24) is 5.32 Å². The van der Waals surface area contributed by atoms with Gasteiger partial charge in [-0.25, -0.2) is 0 Å². The van der Waals surface area contributed by atoms with Gasteiger partial charge in [-0.2, -0.15) is 0 Å². The van der Waals surface area contributed by atoms with Crippen LogP contribution in [-0.2, 0) is 13.0 Å². The lowest BCUT2D eigenvalue weighted by atomic mass is 10.1. The predicted octanol–water partition coefficient (Wildman–Crippen LogP) is 3.42. The highest BCUT2D eigenvalue weighted by Crippen LogP contribution is 2.34. The van der Waals surface area contributed by atoms with Crippen LogP contribution in [0.4, 0.5) is 0 Å². The Balaban J connectivity index is 2.60. The Hall–Kier alpha value is -1.48. The van der Waals surface area contributed by atoms with Crippen LogP contribution < -0.4 is 10.1 Å². The first-order valence-corrected chi connectivity index (χ1v) is 6.50. The van der Waals surface area contributed by atoms with E-state index in [9.17, 15) is 0 Å². The van der Waals surface area contributed by atoms with Crippen molar-refractivity contribution in [3.05, 3.63) is 29.0 Å². The van der Waals surface area contributed by atoms with E-state index in [1.807, 2.05) is 6.07 Å². The van der Waals surface area contributed by atoms with Gasteiger partial charge >= 0.3 is 0 Å². The van der Waals surface area contributed by atoms with Gasteiger partial charge in [-0.05, 0) is 37.6 Å². The van der Waals surface area contributed by atoms with Crippen LogP contribution in [0.1, 0.15) is 30.7 Å². The molecule has 1 heterocycles. The molecule has 0 saturated heterocycles. The molecule has 1 N–H and O–H groups in total. The summed E-state index contributed by atoms with van der Waals surface area (Å²) < 4.78 is 11.4. The van der Waals surface area contributed by atoms with Gasteiger partial charge in [-0.3, -0.25) is 0 Å². The first kappa shape index (κ1) is 13.0. The van der Waals surface area contributed by atoms with Crippen molar-refractivity contribution in [2.75, 3.05) is 13.7 Å². The molecular weight excluding hydrogens is 226 g/mol. The molecule has 0 saturated carbocycles. The topological polar surface area (TPSA) is 34.4 Å². The summed E-state index contributed by atoms with van der Waals surface area (Å²) in [5.41, 5.74) is 3.35. The highest BCUT2D eigenvalue weighted by molar-refractivity contribution is 5.88. The average Bonchev–Trinajstić information content (AvgIpc) is 2.72. The molecule has 0 aliphatic rings. The number of rotatable bonds is 5. The Morgan fingerprint density at radius 2 is 2.06 bits per heavy atom. The van der Waals surface area contributed by atoms with Gasteiger partial charge in [0.2, 0.25) is 0 Å². The molecule has 0 amide bonds. The summed E-state index contributed by atoms with van der Waals surface area (Å²) in [5.74, 6) is 1.85. The summed E-state index contributed by atoms with van der Waals surface area (Å²) in [6.45, 7) is 8.05. The molecule has 2 rings (SSSR count). The Morgan fingerprint density at radius 1 is 1.28 bits per heavy atom. The van der Waals surface area contributed by atoms with Gasteiger partial charge in [-0.1, -0.05) is 13.8 Å². The third-order valence-electron chi connectivity index (χ3n) is 3.20. The average molecular weight is 247 g/mol. The van der Waals surface area contributed by atoms with Gasteiger partial charge in [-0.15, -0.1) is 0 Å². The van der Waals surface area contributed by atoms with Gasteiger partial charge in [0.05, 0.1) is 13.7 Å². The van der Waals surface area contributed by atoms with Crippen LogP contribution in [0, 0.1) is 6.92 Å². The second-order valence-corrected chi connectivity index (χ2v) is 4.48. The predicted molar refractivity (Wildman–Crippen MR) is 74.3 cm³/mol. The van der Waals surface area contributed by atoms with E-state index in [2.05, 4.69) is 32.2 Å². The minimum absolute atomic E-state index is 0.774. The fourth-order valence-electron chi connectivity index (χ4n) is 2.32. The summed E-state index contributed by atoms with van der Waals surface area (Å²) in [6.07, 6.45) is 0.973. The Bertz CT molecular complexity index is 543. The number of fused-ring (bicyclic) bond motifs is 1. The number of hydrogen-bond donors (Lipinski definition) is 1. The van der Waals surface area contributed by atoms with E-state index in [1.54, 1.807) is 7.11 Å². The third-order valence-corrected chi connectivity index (χ3v) is 3.20. The molecule has 0 spiro atoms. The summed E-state index contributed by atoms with van der Waals surface area (Å²) in [4.78, 5) is 0. The van der Waals surface area contributed by atoms with Crippen LogP contribution in [0.2, 0.25) is 0 Å². The molecule has 0 bridgehead atoms. The molecule has 0 fully saturated rings. The third kappa shape index (κ3) is 2.23. The highest BCUT2D eigenvalue weighted by atomic mass is 16.5. The standard InChI is InChI=1S/C15H21NO2/c1-5-11-12-7-10(3)8-13(17-4)15(12)18-14(11)9-16-6-2/h7-8,16H,5-6,9H2,1-4H3. The van der Waals surface area contributed by atoms with Crippen molar-refractivity contribution >= 4 is 11.0 Å². The number of furan rings is 1. The van der Waals surface area contributed by atoms with Gasteiger partial charge in [0.1, 0.15) is 5.76 Å². The van der Waals surface area contributed by atoms with Crippen molar-refractivity contribution in [3.63, 3.8) is 0 Å². The van der Waals surface area contributed by atoms with Crippen LogP contribution in [0.3, 0.4) is 0 Å². The Labute approximate surface area is 108 Å². The first-order chi connectivity index (χ1) is 8.71. The minimum atomic E-state index is 0.774. The number of nitrogens with one attached hydrogen (secondary N) is 1. The second kappa shape index (κ2) is 5.44. The van der Waals surface area contributed by atoms with E-state index in [-0.39, 0.29) is 0 Å². The van der Waals surface area contributed by atoms with E-state index < -0.39 is 0 Å². The first-order valence-electron chi connectivity index (χ1n) is 6.50. The molecule has 1 aromatic carbocycles. The maximum atomic E-state index is 5.98. The van der Waals surface area contributed by atoms with E-state index in [0.29, 0.717) is 0 Å². The lowest BCUT2D eigenvalue weighted by Gasteiger charge is -2.02. The second-order valence-electron chi connectivity index (χ2n) is 4.48. The molecule has 3 nitrogen and oxygen atoms in total. The molecule has 1 aromatic heterocycles. The summed E-state index contributed by atoms with van der Waals surface area (Å²) in [6, 6.07) is 4.19. The number of benzene rings is 1. The lowest BCUT2D eigenvalue weighted by molar-refractivity contribution is 0.406. The van der Waals surface area contributed by atoms with E-state index in [0.717, 1.165) is 36.6 Å². The molecule has 2 aromatic rings. The van der Waals surface area contributed by atoms with Gasteiger partial charge in [0.25, 0.3) is 0 Å². The number of hydrogen-bond acceptors (Lipinski definition) is 3. The lowest BCUT2D eigenvalue weighted by Crippen LogP contribution is -2.12. The molecule has 3 heteroatoms. The molecule has 0 aliphatic carbocycles. The SMILES string of the molecule is CCNCc1oc2c(OC)cc(C)cc2c1CC. The number of ether oxygens (including phenoxy) is 1. The van der Waals surface area contributed by atoms with Crippen molar-refractivity contribution in [2.24, 2.45) is 0 Å². The number of methoxy groups -OCH3 is 1. The van der Waals surface area contributed by atoms with Crippen molar-refractivity contribution in [2.45, 2.75) is 33.7 Å². The van der Waals surface area contributed by atoms with Crippen LogP contribution in [0.25, 0.3) is 11.0 Å². The van der Waals surface area contributed by atoms with Crippen LogP contribution >= 0.6 is 0 Å². The van der Waals surface area contributed by atoms with Crippen molar-refractivity contribution in [3.8, 4) is 5.75 Å². The Kier molecular flexibility index (Phi) is 3.92. The largest absolute Gasteiger partial charge is 0.493 e. The zero-order valence-electron chi connectivity index (χ0n) is 11.6. The van der Waals surface area contributed by atoms with Crippen LogP contribution in [-0.4, -0.2) is 13.7 Å². The quantitative estimate of drug-likeness (QED) is 0.879. The summed E-state index contributed by atoms with van der Waals surface area (Å²) in [7, 11) is 1.69. The molecule has 0 aliphatic heterocycles. The monoisotopic (exact) mass is 247 g/mol. The van der Waals surface area contributed by atoms with Crippen LogP contribution in [0.5, 0.6) is 5.75 Å². The van der Waals surface area contributed by atoms with E-state index in [4.69, 9.17) is 9.15 Å². The van der Waals surface area contributed by atoms with E-state index >= 15 is 0 Å². The fourth-order valence-corrected chi connectivity index (χ4v) is 2.32. The van der Waals surface area contributed by atoms with Gasteiger partial charge in [0.15, 0.2) is 11.3 Å². The number of aryl methyl sites for hydroxylation is 2. The smallest absolute Gasteiger partial charge is 0.176 e. The normalized spacial score (nSPS) is 11.1. The maximum Gasteiger partial charge on any atom is 0.176 e. The molecule has 0 radical (unpaired) electrons. The maximum absolute atomic E-state index is 5.98.